The molecule has 4 heteroatoms. The van der Waals surface area contributed by atoms with Gasteiger partial charge in [0.1, 0.15) is 11.5 Å². The maximum Gasteiger partial charge on any atom is 0.123 e. The zero-order chi connectivity index (χ0) is 13.8. The molecule has 0 aromatic heterocycles. The minimum Gasteiger partial charge on any atom is -0.496 e. The molecule has 0 aliphatic carbocycles. The van der Waals surface area contributed by atoms with Gasteiger partial charge < -0.3 is 19.9 Å². The van der Waals surface area contributed by atoms with Gasteiger partial charge in [0.05, 0.1) is 20.8 Å². The molecule has 4 nitrogen and oxygen atoms in total. The van der Waals surface area contributed by atoms with Gasteiger partial charge in [0, 0.05) is 17.6 Å². The number of hydrogen-bond acceptors (Lipinski definition) is 4. The summed E-state index contributed by atoms with van der Waals surface area (Å²) in [7, 11) is 3.31. The Morgan fingerprint density at radius 3 is 2.28 bits per heavy atom. The molecule has 0 bridgehead atoms. The molecule has 0 unspecified atom stereocenters. The molecular formula is C14H23NO3. The number of rotatable bonds is 6. The molecule has 0 spiro atoms. The monoisotopic (exact) mass is 253 g/mol. The predicted octanol–water partition coefficient (Wildman–Crippen LogP) is 1.87. The van der Waals surface area contributed by atoms with Crippen LogP contribution in [0.4, 0.5) is 0 Å². The fourth-order valence-corrected chi connectivity index (χ4v) is 1.64. The van der Waals surface area contributed by atoms with Gasteiger partial charge in [0.25, 0.3) is 0 Å². The number of nitrogens with one attached hydrogen (secondary N) is 1. The van der Waals surface area contributed by atoms with Gasteiger partial charge in [-0.2, -0.15) is 0 Å². The van der Waals surface area contributed by atoms with Crippen molar-refractivity contribution in [1.82, 2.24) is 5.32 Å². The van der Waals surface area contributed by atoms with Gasteiger partial charge >= 0.3 is 0 Å². The summed E-state index contributed by atoms with van der Waals surface area (Å²) in [6, 6.07) is 3.93. The van der Waals surface area contributed by atoms with E-state index in [1.54, 1.807) is 14.2 Å². The second kappa shape index (κ2) is 6.07. The lowest BCUT2D eigenvalue weighted by molar-refractivity contribution is 0.187. The Labute approximate surface area is 109 Å². The van der Waals surface area contributed by atoms with E-state index in [0.29, 0.717) is 6.54 Å². The van der Waals surface area contributed by atoms with Crippen LogP contribution in [0.3, 0.4) is 0 Å². The highest BCUT2D eigenvalue weighted by molar-refractivity contribution is 5.45. The first kappa shape index (κ1) is 14.8. The van der Waals surface area contributed by atoms with Crippen molar-refractivity contribution in [2.45, 2.75) is 32.9 Å². The van der Waals surface area contributed by atoms with E-state index in [0.717, 1.165) is 22.6 Å². The van der Waals surface area contributed by atoms with Crippen molar-refractivity contribution in [3.05, 3.63) is 23.3 Å². The fourth-order valence-electron chi connectivity index (χ4n) is 1.64. The van der Waals surface area contributed by atoms with Crippen LogP contribution in [0.25, 0.3) is 0 Å². The van der Waals surface area contributed by atoms with Gasteiger partial charge in [-0.3, -0.25) is 0 Å². The van der Waals surface area contributed by atoms with E-state index in [1.165, 1.54) is 0 Å². The van der Waals surface area contributed by atoms with Gasteiger partial charge in [-0.05, 0) is 38.5 Å². The highest BCUT2D eigenvalue weighted by Crippen LogP contribution is 2.28. The van der Waals surface area contributed by atoms with Crippen LogP contribution < -0.4 is 14.8 Å². The normalized spacial score (nSPS) is 11.4. The third-order valence-electron chi connectivity index (χ3n) is 2.95. The molecule has 0 aliphatic rings. The molecule has 2 N–H and O–H groups in total. The van der Waals surface area contributed by atoms with Crippen molar-refractivity contribution in [2.75, 3.05) is 20.8 Å². The molecule has 0 fully saturated rings. The van der Waals surface area contributed by atoms with Gasteiger partial charge in [0.15, 0.2) is 0 Å². The predicted molar refractivity (Wildman–Crippen MR) is 72.3 cm³/mol. The van der Waals surface area contributed by atoms with Crippen LogP contribution in [0.2, 0.25) is 0 Å². The van der Waals surface area contributed by atoms with Gasteiger partial charge in [-0.25, -0.2) is 0 Å². The van der Waals surface area contributed by atoms with Crippen molar-refractivity contribution >= 4 is 0 Å². The van der Waals surface area contributed by atoms with Crippen molar-refractivity contribution in [1.29, 1.82) is 0 Å². The highest BCUT2D eigenvalue weighted by Gasteiger charge is 2.17. The molecule has 0 amide bonds. The maximum absolute atomic E-state index is 9.22. The topological polar surface area (TPSA) is 50.7 Å². The van der Waals surface area contributed by atoms with Crippen molar-refractivity contribution in [3.8, 4) is 11.5 Å². The Balaban J connectivity index is 2.93. The minimum absolute atomic E-state index is 0.0817. The molecular weight excluding hydrogens is 230 g/mol. The van der Waals surface area contributed by atoms with Crippen LogP contribution >= 0.6 is 0 Å². The minimum atomic E-state index is -0.316. The van der Waals surface area contributed by atoms with E-state index in [2.05, 4.69) is 5.32 Å². The largest absolute Gasteiger partial charge is 0.496 e. The molecule has 102 valence electrons. The molecule has 1 aromatic rings. The Bertz CT molecular complexity index is 402. The van der Waals surface area contributed by atoms with Gasteiger partial charge in [-0.1, -0.05) is 0 Å². The lowest BCUT2D eigenvalue weighted by atomic mass is 10.1. The zero-order valence-corrected chi connectivity index (χ0v) is 11.8. The lowest BCUT2D eigenvalue weighted by Gasteiger charge is -2.24. The number of aryl methyl sites for hydroxylation is 1. The van der Waals surface area contributed by atoms with E-state index in [-0.39, 0.29) is 12.1 Å². The third-order valence-corrected chi connectivity index (χ3v) is 2.95. The first-order valence-corrected chi connectivity index (χ1v) is 6.01. The number of ether oxygens (including phenoxy) is 2. The summed E-state index contributed by atoms with van der Waals surface area (Å²) in [6.45, 7) is 6.58. The van der Waals surface area contributed by atoms with E-state index in [4.69, 9.17) is 9.47 Å². The molecule has 0 heterocycles. The average molecular weight is 253 g/mol. The Morgan fingerprint density at radius 1 is 1.17 bits per heavy atom. The van der Waals surface area contributed by atoms with Crippen molar-refractivity contribution < 1.29 is 14.6 Å². The summed E-state index contributed by atoms with van der Waals surface area (Å²) in [6.07, 6.45) is 0. The number of hydrogen-bond donors (Lipinski definition) is 2. The maximum atomic E-state index is 9.22. The fraction of sp³-hybridized carbons (Fsp3) is 0.571. The molecule has 1 aromatic carbocycles. The quantitative estimate of drug-likeness (QED) is 0.812. The van der Waals surface area contributed by atoms with Crippen LogP contribution in [-0.2, 0) is 6.54 Å². The standard InChI is InChI=1S/C14H23NO3/c1-10-6-13(18-5)11(7-12(10)17-4)8-15-14(2,3)9-16/h6-7,15-16H,8-9H2,1-5H3. The van der Waals surface area contributed by atoms with E-state index in [9.17, 15) is 5.11 Å². The van der Waals surface area contributed by atoms with Crippen LogP contribution in [0.1, 0.15) is 25.0 Å². The molecule has 0 aliphatic heterocycles. The van der Waals surface area contributed by atoms with Crippen molar-refractivity contribution in [2.24, 2.45) is 0 Å². The second-order valence-electron chi connectivity index (χ2n) is 5.03. The third kappa shape index (κ3) is 3.62. The number of benzene rings is 1. The second-order valence-corrected chi connectivity index (χ2v) is 5.03. The highest BCUT2D eigenvalue weighted by atomic mass is 16.5. The number of aliphatic hydroxyl groups excluding tert-OH is 1. The Kier molecular flexibility index (Phi) is 4.99. The summed E-state index contributed by atoms with van der Waals surface area (Å²) in [4.78, 5) is 0. The molecule has 0 saturated heterocycles. The summed E-state index contributed by atoms with van der Waals surface area (Å²) >= 11 is 0. The SMILES string of the molecule is COc1cc(CNC(C)(C)CO)c(OC)cc1C. The number of methoxy groups -OCH3 is 2. The van der Waals surface area contributed by atoms with Gasteiger partial charge in [-0.15, -0.1) is 0 Å². The summed E-state index contributed by atoms with van der Waals surface area (Å²) in [5, 5.41) is 12.5. The summed E-state index contributed by atoms with van der Waals surface area (Å²) < 4.78 is 10.7. The summed E-state index contributed by atoms with van der Waals surface area (Å²) in [5.41, 5.74) is 1.74. The molecule has 18 heavy (non-hydrogen) atoms. The summed E-state index contributed by atoms with van der Waals surface area (Å²) in [5.74, 6) is 1.67. The van der Waals surface area contributed by atoms with Crippen LogP contribution in [-0.4, -0.2) is 31.5 Å². The average Bonchev–Trinajstić information content (AvgIpc) is 2.36. The molecule has 0 radical (unpaired) electrons. The molecule has 0 saturated carbocycles. The van der Waals surface area contributed by atoms with Crippen molar-refractivity contribution in [3.63, 3.8) is 0 Å². The Morgan fingerprint density at radius 2 is 1.78 bits per heavy atom. The lowest BCUT2D eigenvalue weighted by Crippen LogP contribution is -2.42. The van der Waals surface area contributed by atoms with E-state index < -0.39 is 0 Å². The zero-order valence-electron chi connectivity index (χ0n) is 11.8. The first-order valence-electron chi connectivity index (χ1n) is 6.01. The smallest absolute Gasteiger partial charge is 0.123 e. The van der Waals surface area contributed by atoms with Crippen LogP contribution in [0.5, 0.6) is 11.5 Å². The molecule has 0 atom stereocenters. The van der Waals surface area contributed by atoms with Crippen LogP contribution in [0.15, 0.2) is 12.1 Å². The Hall–Kier alpha value is -1.26. The van der Waals surface area contributed by atoms with E-state index >= 15 is 0 Å². The van der Waals surface area contributed by atoms with Gasteiger partial charge in [0.2, 0.25) is 0 Å². The van der Waals surface area contributed by atoms with Crippen LogP contribution in [0, 0.1) is 6.92 Å². The van der Waals surface area contributed by atoms with E-state index in [1.807, 2.05) is 32.9 Å². The number of aliphatic hydroxyl groups is 1. The molecule has 1 rings (SSSR count). The first-order chi connectivity index (χ1) is 8.43.